The number of aromatic nitrogens is 2. The zero-order valence-corrected chi connectivity index (χ0v) is 15.3. The Bertz CT molecular complexity index is 712. The van der Waals surface area contributed by atoms with Crippen molar-refractivity contribution in [3.05, 3.63) is 28.4 Å². The number of fused-ring (bicyclic) bond motifs is 1. The molecule has 3 rings (SSSR count). The third-order valence-corrected chi connectivity index (χ3v) is 4.77. The zero-order chi connectivity index (χ0) is 16.6. The van der Waals surface area contributed by atoms with Crippen LogP contribution in [-0.4, -0.2) is 39.9 Å². The van der Waals surface area contributed by atoms with Gasteiger partial charge < -0.3 is 9.64 Å². The third kappa shape index (κ3) is 3.52. The largest absolute Gasteiger partial charge is 0.444 e. The first kappa shape index (κ1) is 16.3. The van der Waals surface area contributed by atoms with Crippen molar-refractivity contribution in [3.8, 4) is 0 Å². The molecule has 1 aromatic heterocycles. The smallest absolute Gasteiger partial charge is 0.410 e. The molecule has 1 aliphatic heterocycles. The maximum Gasteiger partial charge on any atom is 0.410 e. The fraction of sp³-hybridized carbons (Fsp3) is 0.529. The summed E-state index contributed by atoms with van der Waals surface area (Å²) >= 11 is 3.62. The number of aromatic amines is 1. The van der Waals surface area contributed by atoms with Crippen molar-refractivity contribution in [3.63, 3.8) is 0 Å². The predicted octanol–water partition coefficient (Wildman–Crippen LogP) is 4.44. The molecule has 124 valence electrons. The van der Waals surface area contributed by atoms with Crippen LogP contribution in [0.2, 0.25) is 0 Å². The molecule has 0 unspecified atom stereocenters. The normalized spacial score (nSPS) is 16.8. The first-order valence-corrected chi connectivity index (χ1v) is 8.75. The highest BCUT2D eigenvalue weighted by molar-refractivity contribution is 9.10. The number of hydrogen-bond acceptors (Lipinski definition) is 3. The minimum absolute atomic E-state index is 0.216. The van der Waals surface area contributed by atoms with Crippen LogP contribution >= 0.6 is 15.9 Å². The molecule has 1 N–H and O–H groups in total. The predicted molar refractivity (Wildman–Crippen MR) is 93.6 cm³/mol. The summed E-state index contributed by atoms with van der Waals surface area (Å²) < 4.78 is 6.52. The van der Waals surface area contributed by atoms with Gasteiger partial charge in [0.1, 0.15) is 5.60 Å². The van der Waals surface area contributed by atoms with Crippen LogP contribution in [0.4, 0.5) is 4.79 Å². The van der Waals surface area contributed by atoms with Crippen molar-refractivity contribution in [2.75, 3.05) is 13.1 Å². The number of likely N-dealkylation sites (tertiary alicyclic amines) is 1. The van der Waals surface area contributed by atoms with Gasteiger partial charge in [-0.3, -0.25) is 5.10 Å². The molecule has 23 heavy (non-hydrogen) atoms. The average molecular weight is 380 g/mol. The third-order valence-electron chi connectivity index (χ3n) is 4.11. The molecule has 1 aromatic carbocycles. The van der Waals surface area contributed by atoms with E-state index in [-0.39, 0.29) is 6.09 Å². The Morgan fingerprint density at radius 2 is 2.04 bits per heavy atom. The van der Waals surface area contributed by atoms with Crippen LogP contribution in [0, 0.1) is 0 Å². The maximum absolute atomic E-state index is 12.1. The van der Waals surface area contributed by atoms with Crippen LogP contribution < -0.4 is 0 Å². The van der Waals surface area contributed by atoms with Crippen molar-refractivity contribution in [1.29, 1.82) is 0 Å². The molecule has 0 aliphatic carbocycles. The maximum atomic E-state index is 12.1. The molecule has 2 aromatic rings. The van der Waals surface area contributed by atoms with Crippen molar-refractivity contribution >= 4 is 32.9 Å². The number of carbonyl (C=O) groups is 1. The molecular formula is C17H22BrN3O2. The zero-order valence-electron chi connectivity index (χ0n) is 13.7. The Labute approximate surface area is 144 Å². The van der Waals surface area contributed by atoms with Gasteiger partial charge in [-0.2, -0.15) is 5.10 Å². The molecule has 6 heteroatoms. The Hall–Kier alpha value is -1.56. The van der Waals surface area contributed by atoms with E-state index in [0.717, 1.165) is 33.9 Å². The lowest BCUT2D eigenvalue weighted by molar-refractivity contribution is 0.0204. The van der Waals surface area contributed by atoms with Gasteiger partial charge in [-0.05, 0) is 45.7 Å². The first-order chi connectivity index (χ1) is 10.8. The molecular weight excluding hydrogens is 358 g/mol. The highest BCUT2D eigenvalue weighted by Crippen LogP contribution is 2.35. The van der Waals surface area contributed by atoms with E-state index in [2.05, 4.69) is 26.1 Å². The van der Waals surface area contributed by atoms with Crippen LogP contribution in [0.25, 0.3) is 10.9 Å². The first-order valence-electron chi connectivity index (χ1n) is 7.95. The van der Waals surface area contributed by atoms with Crippen molar-refractivity contribution in [2.24, 2.45) is 0 Å². The van der Waals surface area contributed by atoms with Crippen LogP contribution in [-0.2, 0) is 4.74 Å². The quantitative estimate of drug-likeness (QED) is 0.796. The fourth-order valence-corrected chi connectivity index (χ4v) is 3.59. The molecule has 5 nitrogen and oxygen atoms in total. The van der Waals surface area contributed by atoms with Gasteiger partial charge in [0.15, 0.2) is 0 Å². The van der Waals surface area contributed by atoms with E-state index in [1.807, 2.05) is 39.0 Å². The number of ether oxygens (including phenoxy) is 1. The summed E-state index contributed by atoms with van der Waals surface area (Å²) in [6.45, 7) is 7.11. The number of nitrogens with zero attached hydrogens (tertiary/aromatic N) is 2. The molecule has 0 atom stereocenters. The Morgan fingerprint density at radius 1 is 1.35 bits per heavy atom. The molecule has 1 fully saturated rings. The van der Waals surface area contributed by atoms with E-state index in [0.29, 0.717) is 19.0 Å². The SMILES string of the molecule is CC(C)(C)OC(=O)N1CCC(c2[nH]nc3cccc(Br)c23)CC1. The summed E-state index contributed by atoms with van der Waals surface area (Å²) in [5.74, 6) is 0.386. The van der Waals surface area contributed by atoms with E-state index in [1.165, 1.54) is 0 Å². The number of H-pyrrole nitrogens is 1. The molecule has 0 radical (unpaired) electrons. The van der Waals surface area contributed by atoms with E-state index >= 15 is 0 Å². The number of benzene rings is 1. The number of nitrogens with one attached hydrogen (secondary N) is 1. The van der Waals surface area contributed by atoms with Crippen molar-refractivity contribution in [2.45, 2.75) is 45.1 Å². The van der Waals surface area contributed by atoms with Crippen LogP contribution in [0.1, 0.15) is 45.2 Å². The fourth-order valence-electron chi connectivity index (χ4n) is 3.02. The Morgan fingerprint density at radius 3 is 2.70 bits per heavy atom. The van der Waals surface area contributed by atoms with Crippen LogP contribution in [0.3, 0.4) is 0 Å². The minimum atomic E-state index is -0.446. The Balaban J connectivity index is 1.70. The van der Waals surface area contributed by atoms with E-state index < -0.39 is 5.60 Å². The summed E-state index contributed by atoms with van der Waals surface area (Å²) in [4.78, 5) is 14.0. The topological polar surface area (TPSA) is 58.2 Å². The summed E-state index contributed by atoms with van der Waals surface area (Å²) in [7, 11) is 0. The summed E-state index contributed by atoms with van der Waals surface area (Å²) in [6, 6.07) is 6.04. The number of amides is 1. The molecule has 0 saturated carbocycles. The van der Waals surface area contributed by atoms with Crippen molar-refractivity contribution < 1.29 is 9.53 Å². The van der Waals surface area contributed by atoms with Gasteiger partial charge >= 0.3 is 6.09 Å². The van der Waals surface area contributed by atoms with Crippen LogP contribution in [0.15, 0.2) is 22.7 Å². The number of rotatable bonds is 1. The van der Waals surface area contributed by atoms with E-state index in [4.69, 9.17) is 4.74 Å². The molecule has 0 bridgehead atoms. The average Bonchev–Trinajstić information content (AvgIpc) is 2.91. The Kier molecular flexibility index (Phi) is 4.36. The monoisotopic (exact) mass is 379 g/mol. The lowest BCUT2D eigenvalue weighted by Gasteiger charge is -2.33. The van der Waals surface area contributed by atoms with Gasteiger partial charge in [0.25, 0.3) is 0 Å². The number of carbonyl (C=O) groups excluding carboxylic acids is 1. The summed E-state index contributed by atoms with van der Waals surface area (Å²) in [5, 5.41) is 8.74. The van der Waals surface area contributed by atoms with E-state index in [1.54, 1.807) is 4.90 Å². The lowest BCUT2D eigenvalue weighted by Crippen LogP contribution is -2.41. The summed E-state index contributed by atoms with van der Waals surface area (Å²) in [6.07, 6.45) is 1.61. The van der Waals surface area contributed by atoms with Gasteiger partial charge in [-0.1, -0.05) is 22.0 Å². The second-order valence-electron chi connectivity index (χ2n) is 7.01. The molecule has 2 heterocycles. The second kappa shape index (κ2) is 6.15. The van der Waals surface area contributed by atoms with Gasteiger partial charge in [0, 0.05) is 34.6 Å². The minimum Gasteiger partial charge on any atom is -0.444 e. The number of piperidine rings is 1. The van der Waals surface area contributed by atoms with Gasteiger partial charge in [0.2, 0.25) is 0 Å². The number of halogens is 1. The number of hydrogen-bond donors (Lipinski definition) is 1. The summed E-state index contributed by atoms with van der Waals surface area (Å²) in [5.41, 5.74) is 1.69. The molecule has 0 spiro atoms. The second-order valence-corrected chi connectivity index (χ2v) is 7.87. The van der Waals surface area contributed by atoms with Gasteiger partial charge in [-0.25, -0.2) is 4.79 Å². The molecule has 1 aliphatic rings. The van der Waals surface area contributed by atoms with Crippen molar-refractivity contribution in [1.82, 2.24) is 15.1 Å². The lowest BCUT2D eigenvalue weighted by atomic mass is 9.92. The molecule has 1 amide bonds. The van der Waals surface area contributed by atoms with Crippen LogP contribution in [0.5, 0.6) is 0 Å². The van der Waals surface area contributed by atoms with Gasteiger partial charge in [-0.15, -0.1) is 0 Å². The van der Waals surface area contributed by atoms with Gasteiger partial charge in [0.05, 0.1) is 5.52 Å². The van der Waals surface area contributed by atoms with E-state index in [9.17, 15) is 4.79 Å². The highest BCUT2D eigenvalue weighted by Gasteiger charge is 2.29. The molecule has 1 saturated heterocycles. The standard InChI is InChI=1S/C17H22BrN3O2/c1-17(2,3)23-16(22)21-9-7-11(8-10-21)15-14-12(18)5-4-6-13(14)19-20-15/h4-6,11H,7-10H2,1-3H3,(H,19,20). The highest BCUT2D eigenvalue weighted by atomic mass is 79.9.